The van der Waals surface area contributed by atoms with Gasteiger partial charge in [-0.3, -0.25) is 0 Å². The summed E-state index contributed by atoms with van der Waals surface area (Å²) in [6.07, 6.45) is 0. The maximum absolute atomic E-state index is 13.5. The van der Waals surface area contributed by atoms with Crippen LogP contribution in [0.3, 0.4) is 0 Å². The fourth-order valence-electron chi connectivity index (χ4n) is 1.89. The van der Waals surface area contributed by atoms with Crippen LogP contribution >= 0.6 is 43.5 Å². The van der Waals surface area contributed by atoms with Crippen molar-refractivity contribution in [2.45, 2.75) is 11.8 Å². The lowest BCUT2D eigenvalue weighted by atomic mass is 10.0. The number of hydrogen-bond acceptors (Lipinski definition) is 1. The fourth-order valence-corrected chi connectivity index (χ4v) is 3.51. The van der Waals surface area contributed by atoms with Crippen molar-refractivity contribution in [1.82, 2.24) is 0 Å². The predicted molar refractivity (Wildman–Crippen MR) is 87.6 cm³/mol. The van der Waals surface area contributed by atoms with Gasteiger partial charge in [0, 0.05) is 5.02 Å². The summed E-state index contributed by atoms with van der Waals surface area (Å²) in [5, 5.41) is 0.405. The average molecular weight is 423 g/mol. The van der Waals surface area contributed by atoms with E-state index in [1.165, 1.54) is 6.07 Å². The molecule has 0 aromatic heterocycles. The van der Waals surface area contributed by atoms with Gasteiger partial charge in [0.05, 0.1) is 16.4 Å². The van der Waals surface area contributed by atoms with Crippen LogP contribution in [0.1, 0.15) is 21.5 Å². The largest absolute Gasteiger partial charge is 0.496 e. The van der Waals surface area contributed by atoms with E-state index < -0.39 is 0 Å². The Hall–Kier alpha value is -0.580. The van der Waals surface area contributed by atoms with Gasteiger partial charge in [0.15, 0.2) is 0 Å². The van der Waals surface area contributed by atoms with Crippen LogP contribution in [0.4, 0.5) is 4.39 Å². The number of ether oxygens (including phenoxy) is 1. The quantitative estimate of drug-likeness (QED) is 0.548. The van der Waals surface area contributed by atoms with Crippen LogP contribution in [-0.2, 0) is 0 Å². The summed E-state index contributed by atoms with van der Waals surface area (Å²) in [6.45, 7) is 1.72. The molecule has 2 aromatic carbocycles. The van der Waals surface area contributed by atoms with E-state index in [9.17, 15) is 4.39 Å². The van der Waals surface area contributed by atoms with Gasteiger partial charge in [-0.05, 0) is 57.7 Å². The van der Waals surface area contributed by atoms with Gasteiger partial charge in [0.25, 0.3) is 0 Å². The first-order valence-electron chi connectivity index (χ1n) is 5.87. The molecule has 5 heteroatoms. The average Bonchev–Trinajstić information content (AvgIpc) is 2.42. The Balaban J connectivity index is 2.43. The topological polar surface area (TPSA) is 9.23 Å². The summed E-state index contributed by atoms with van der Waals surface area (Å²) in [7, 11) is 1.62. The van der Waals surface area contributed by atoms with Crippen molar-refractivity contribution >= 4 is 43.5 Å². The van der Waals surface area contributed by atoms with Crippen LogP contribution in [0.15, 0.2) is 34.8 Å². The lowest BCUT2D eigenvalue weighted by Crippen LogP contribution is -1.97. The van der Waals surface area contributed by atoms with E-state index in [0.717, 1.165) is 21.3 Å². The fraction of sp³-hybridized carbons (Fsp3) is 0.200. The molecule has 1 unspecified atom stereocenters. The van der Waals surface area contributed by atoms with E-state index in [-0.39, 0.29) is 10.6 Å². The van der Waals surface area contributed by atoms with Crippen LogP contribution in [0.5, 0.6) is 5.75 Å². The molecule has 20 heavy (non-hydrogen) atoms. The monoisotopic (exact) mass is 420 g/mol. The van der Waals surface area contributed by atoms with Crippen LogP contribution in [-0.4, -0.2) is 7.11 Å². The summed E-state index contributed by atoms with van der Waals surface area (Å²) < 4.78 is 19.5. The van der Waals surface area contributed by atoms with Gasteiger partial charge in [0.1, 0.15) is 11.6 Å². The number of alkyl halides is 1. The molecule has 0 bridgehead atoms. The minimum atomic E-state index is -0.297. The van der Waals surface area contributed by atoms with E-state index in [4.69, 9.17) is 16.3 Å². The summed E-state index contributed by atoms with van der Waals surface area (Å²) >= 11 is 13.2. The van der Waals surface area contributed by atoms with Crippen molar-refractivity contribution in [3.63, 3.8) is 0 Å². The second kappa shape index (κ2) is 6.46. The zero-order valence-electron chi connectivity index (χ0n) is 10.9. The molecule has 2 aromatic rings. The van der Waals surface area contributed by atoms with Gasteiger partial charge in [0.2, 0.25) is 0 Å². The maximum atomic E-state index is 13.5. The van der Waals surface area contributed by atoms with E-state index in [1.807, 2.05) is 18.2 Å². The second-order valence-electron chi connectivity index (χ2n) is 4.38. The normalized spacial score (nSPS) is 12.3. The number of benzene rings is 2. The van der Waals surface area contributed by atoms with Crippen LogP contribution < -0.4 is 4.74 Å². The number of hydrogen-bond donors (Lipinski definition) is 0. The molecule has 1 nitrogen and oxygen atoms in total. The number of rotatable bonds is 3. The van der Waals surface area contributed by atoms with Crippen LogP contribution in [0.2, 0.25) is 5.02 Å². The van der Waals surface area contributed by atoms with Crippen molar-refractivity contribution in [3.8, 4) is 5.75 Å². The predicted octanol–water partition coefficient (Wildman–Crippen LogP) is 6.04. The van der Waals surface area contributed by atoms with Gasteiger partial charge in [-0.25, -0.2) is 4.39 Å². The Morgan fingerprint density at radius 2 is 1.95 bits per heavy atom. The van der Waals surface area contributed by atoms with Crippen molar-refractivity contribution in [1.29, 1.82) is 0 Å². The highest BCUT2D eigenvalue weighted by Gasteiger charge is 2.17. The molecule has 0 aliphatic heterocycles. The first-order valence-corrected chi connectivity index (χ1v) is 7.95. The van der Waals surface area contributed by atoms with E-state index >= 15 is 0 Å². The summed E-state index contributed by atoms with van der Waals surface area (Å²) in [4.78, 5) is -0.114. The van der Waals surface area contributed by atoms with E-state index in [1.54, 1.807) is 20.1 Å². The third-order valence-corrected chi connectivity index (χ3v) is 4.99. The standard InChI is InChI=1S/C15H12Br2ClFO/c1-8-5-10(12(18)7-13(8)19)15(17)9-3-4-14(20-2)11(16)6-9/h3-7,15H,1-2H3. The molecule has 106 valence electrons. The first-order chi connectivity index (χ1) is 9.43. The second-order valence-corrected chi connectivity index (χ2v) is 6.56. The molecule has 0 radical (unpaired) electrons. The van der Waals surface area contributed by atoms with Gasteiger partial charge < -0.3 is 4.74 Å². The Labute approximate surface area is 139 Å². The zero-order valence-corrected chi connectivity index (χ0v) is 14.8. The lowest BCUT2D eigenvalue weighted by molar-refractivity contribution is 0.412. The molecule has 2 rings (SSSR count). The maximum Gasteiger partial charge on any atom is 0.133 e. The summed E-state index contributed by atoms with van der Waals surface area (Å²) in [6, 6.07) is 8.87. The van der Waals surface area contributed by atoms with Gasteiger partial charge in [-0.15, -0.1) is 0 Å². The van der Waals surface area contributed by atoms with Gasteiger partial charge >= 0.3 is 0 Å². The molecule has 0 aliphatic rings. The highest BCUT2D eigenvalue weighted by atomic mass is 79.9. The third kappa shape index (κ3) is 3.18. The highest BCUT2D eigenvalue weighted by Crippen LogP contribution is 2.38. The Bertz CT molecular complexity index is 646. The molecule has 0 saturated carbocycles. The molecule has 0 saturated heterocycles. The SMILES string of the molecule is COc1ccc(C(Br)c2cc(C)c(F)cc2Cl)cc1Br. The number of halogens is 4. The Morgan fingerprint density at radius 1 is 1.25 bits per heavy atom. The minimum absolute atomic E-state index is 0.114. The van der Waals surface area contributed by atoms with Crippen LogP contribution in [0.25, 0.3) is 0 Å². The summed E-state index contributed by atoms with van der Waals surface area (Å²) in [5.41, 5.74) is 2.41. The van der Waals surface area contributed by atoms with Crippen molar-refractivity contribution in [3.05, 3.63) is 62.3 Å². The molecular formula is C15H12Br2ClFO. The summed E-state index contributed by atoms with van der Waals surface area (Å²) in [5.74, 6) is 0.462. The third-order valence-electron chi connectivity index (χ3n) is 3.02. The molecular weight excluding hydrogens is 410 g/mol. The molecule has 0 amide bonds. The first kappa shape index (κ1) is 15.8. The highest BCUT2D eigenvalue weighted by molar-refractivity contribution is 9.10. The van der Waals surface area contributed by atoms with E-state index in [0.29, 0.717) is 10.6 Å². The Kier molecular flexibility index (Phi) is 5.10. The molecule has 0 N–H and O–H groups in total. The van der Waals surface area contributed by atoms with E-state index in [2.05, 4.69) is 31.9 Å². The molecule has 1 atom stereocenters. The molecule has 0 fully saturated rings. The molecule has 0 heterocycles. The minimum Gasteiger partial charge on any atom is -0.496 e. The van der Waals surface area contributed by atoms with Crippen molar-refractivity contribution in [2.24, 2.45) is 0 Å². The zero-order chi connectivity index (χ0) is 14.9. The number of aryl methyl sites for hydroxylation is 1. The Morgan fingerprint density at radius 3 is 2.55 bits per heavy atom. The molecule has 0 spiro atoms. The van der Waals surface area contributed by atoms with Gasteiger partial charge in [-0.2, -0.15) is 0 Å². The molecule has 0 aliphatic carbocycles. The van der Waals surface area contributed by atoms with Crippen LogP contribution in [0, 0.1) is 12.7 Å². The smallest absolute Gasteiger partial charge is 0.133 e. The van der Waals surface area contributed by atoms with Gasteiger partial charge in [-0.1, -0.05) is 39.7 Å². The van der Waals surface area contributed by atoms with Crippen molar-refractivity contribution in [2.75, 3.05) is 7.11 Å². The lowest BCUT2D eigenvalue weighted by Gasteiger charge is -2.15. The number of methoxy groups -OCH3 is 1. The van der Waals surface area contributed by atoms with Crippen molar-refractivity contribution < 1.29 is 9.13 Å².